The smallest absolute Gasteiger partial charge is 0.119 e. The topological polar surface area (TPSA) is 29.5 Å². The lowest BCUT2D eigenvalue weighted by Gasteiger charge is -1.96. The van der Waals surface area contributed by atoms with Gasteiger partial charge in [0.2, 0.25) is 0 Å². The third-order valence-electron chi connectivity index (χ3n) is 1.72. The number of methoxy groups -OCH3 is 1. The predicted octanol–water partition coefficient (Wildman–Crippen LogP) is 5.66. The molecule has 0 radical (unpaired) electrons. The molecule has 0 aliphatic rings. The van der Waals surface area contributed by atoms with Gasteiger partial charge in [-0.1, -0.05) is 66.6 Å². The number of aromatic hydroxyl groups is 1. The molecular weight excluding hydrogens is 487 g/mol. The summed E-state index contributed by atoms with van der Waals surface area (Å²) in [5.41, 5.74) is 0. The fourth-order valence-electron chi connectivity index (χ4n) is 1.01. The molecule has 0 heterocycles. The Labute approximate surface area is 153 Å². The second kappa shape index (κ2) is 11.5. The van der Waals surface area contributed by atoms with Crippen molar-refractivity contribution in [2.45, 2.75) is 0 Å². The van der Waals surface area contributed by atoms with Gasteiger partial charge in [0.25, 0.3) is 0 Å². The third kappa shape index (κ3) is 9.29. The van der Waals surface area contributed by atoms with E-state index < -0.39 is 11.9 Å². The number of halogens is 3. The van der Waals surface area contributed by atoms with E-state index in [1.807, 2.05) is 6.07 Å². The molecule has 19 heavy (non-hydrogen) atoms. The first-order valence-corrected chi connectivity index (χ1v) is 7.51. The minimum atomic E-state index is -2.37. The highest BCUT2D eigenvalue weighted by Crippen LogP contribution is 2.16. The number of hydrogen-bond donors (Lipinski definition) is 1. The molecule has 0 amide bonds. The lowest BCUT2D eigenvalue weighted by molar-refractivity contribution is 0.414. The van der Waals surface area contributed by atoms with E-state index in [0.29, 0.717) is 11.5 Å². The number of rotatable bonds is 1. The molecule has 0 aromatic heterocycles. The van der Waals surface area contributed by atoms with E-state index in [4.69, 9.17) is 13.3 Å². The predicted molar refractivity (Wildman–Crippen MR) is 96.4 cm³/mol. The second-order valence-electron chi connectivity index (χ2n) is 3.04. The van der Waals surface area contributed by atoms with Crippen molar-refractivity contribution < 1.29 is 18.1 Å². The summed E-state index contributed by atoms with van der Waals surface area (Å²) in [6.45, 7) is 0. The summed E-state index contributed by atoms with van der Waals surface area (Å²) in [6.07, 6.45) is 0. The Morgan fingerprint density at radius 1 is 1.11 bits per heavy atom. The van der Waals surface area contributed by atoms with E-state index in [-0.39, 0.29) is 0 Å². The van der Waals surface area contributed by atoms with Crippen LogP contribution in [0.25, 0.3) is 0 Å². The molecule has 0 saturated carbocycles. The average Bonchev–Trinajstić information content (AvgIpc) is 2.34. The van der Waals surface area contributed by atoms with Gasteiger partial charge in [-0.2, -0.15) is 0 Å². The van der Waals surface area contributed by atoms with Crippen molar-refractivity contribution in [1.82, 2.24) is 0 Å². The third-order valence-corrected chi connectivity index (χ3v) is 2.71. The van der Waals surface area contributed by atoms with Crippen LogP contribution in [0.4, 0.5) is 0 Å². The Balaban J connectivity index is 0.000000382. The zero-order chi connectivity index (χ0) is 19.7. The van der Waals surface area contributed by atoms with Crippen molar-refractivity contribution in [1.29, 1.82) is 0 Å². The quantitative estimate of drug-likeness (QED) is 0.398. The van der Waals surface area contributed by atoms with E-state index in [1.165, 1.54) is 22.6 Å². The molecule has 0 aliphatic heterocycles. The van der Waals surface area contributed by atoms with Crippen LogP contribution >= 0.6 is 54.5 Å². The van der Waals surface area contributed by atoms with Crippen LogP contribution in [0.2, 0.25) is 0 Å². The SMILES string of the molecule is Oc1cccc(Br)c1.[2H]C([2H])([2H])I.[2H]C([2H])([2H])Oc1cccc(Br)c1. The van der Waals surface area contributed by atoms with Crippen LogP contribution in [-0.2, 0) is 0 Å². The highest BCUT2D eigenvalue weighted by atomic mass is 127. The maximum absolute atomic E-state index is 8.78. The van der Waals surface area contributed by atoms with Gasteiger partial charge in [-0.25, -0.2) is 0 Å². The lowest BCUT2D eigenvalue weighted by Crippen LogP contribution is -1.79. The largest absolute Gasteiger partial charge is 0.508 e. The highest BCUT2D eigenvalue weighted by molar-refractivity contribution is 14.1. The molecule has 0 fully saturated rings. The van der Waals surface area contributed by atoms with Crippen LogP contribution in [0.15, 0.2) is 57.5 Å². The zero-order valence-electron chi connectivity index (χ0n) is 15.6. The number of ether oxygens (including phenoxy) is 1. The molecule has 0 saturated heterocycles. The Bertz CT molecular complexity index is 626. The summed E-state index contributed by atoms with van der Waals surface area (Å²) in [7, 11) is -2.37. The molecule has 0 aliphatic carbocycles. The van der Waals surface area contributed by atoms with Gasteiger partial charge in [-0.15, -0.1) is 0 Å². The van der Waals surface area contributed by atoms with Crippen molar-refractivity contribution in [2.24, 2.45) is 0 Å². The van der Waals surface area contributed by atoms with Gasteiger partial charge in [0.1, 0.15) is 11.5 Å². The van der Waals surface area contributed by atoms with Gasteiger partial charge in [0, 0.05) is 13.1 Å². The van der Waals surface area contributed by atoms with E-state index in [9.17, 15) is 0 Å². The maximum atomic E-state index is 8.78. The lowest BCUT2D eigenvalue weighted by atomic mass is 10.3. The molecule has 2 aromatic rings. The van der Waals surface area contributed by atoms with Gasteiger partial charge < -0.3 is 9.84 Å². The van der Waals surface area contributed by atoms with E-state index in [0.717, 1.165) is 8.95 Å². The molecule has 2 aromatic carbocycles. The first-order chi connectivity index (χ1) is 11.3. The molecule has 0 spiro atoms. The average molecular weight is 508 g/mol. The summed E-state index contributed by atoms with van der Waals surface area (Å²) in [6, 6.07) is 13.6. The summed E-state index contributed by atoms with van der Waals surface area (Å²) in [5.74, 6) is 0.628. The Morgan fingerprint density at radius 2 is 1.68 bits per heavy atom. The molecule has 1 N–H and O–H groups in total. The van der Waals surface area contributed by atoms with Crippen LogP contribution in [-0.4, -0.2) is 17.0 Å². The van der Waals surface area contributed by atoms with Crippen molar-refractivity contribution in [2.75, 3.05) is 11.9 Å². The van der Waals surface area contributed by atoms with Crippen molar-refractivity contribution in [3.63, 3.8) is 0 Å². The van der Waals surface area contributed by atoms with Crippen LogP contribution in [0, 0.1) is 0 Å². The number of alkyl halides is 1. The fourth-order valence-corrected chi connectivity index (χ4v) is 1.77. The monoisotopic (exact) mass is 506 g/mol. The minimum Gasteiger partial charge on any atom is -0.508 e. The molecular formula is C14H15Br2IO2. The molecule has 5 heteroatoms. The van der Waals surface area contributed by atoms with E-state index in [2.05, 4.69) is 36.6 Å². The minimum absolute atomic E-state index is 0.291. The van der Waals surface area contributed by atoms with Crippen molar-refractivity contribution in [3.05, 3.63) is 57.5 Å². The van der Waals surface area contributed by atoms with Gasteiger partial charge in [0.15, 0.2) is 0 Å². The first kappa shape index (κ1) is 10.5. The summed E-state index contributed by atoms with van der Waals surface area (Å²) in [4.78, 5) is -1.78. The normalized spacial score (nSPS) is 14.5. The van der Waals surface area contributed by atoms with E-state index >= 15 is 0 Å². The number of phenols is 1. The van der Waals surface area contributed by atoms with Crippen molar-refractivity contribution in [3.8, 4) is 11.5 Å². The molecule has 0 bridgehead atoms. The number of phenolic OH excluding ortho intramolecular Hbond substituents is 1. The van der Waals surface area contributed by atoms with Gasteiger partial charge in [0.05, 0.1) is 11.2 Å². The van der Waals surface area contributed by atoms with Crippen LogP contribution < -0.4 is 4.74 Å². The Kier molecular flexibility index (Phi) is 6.35. The molecule has 2 nitrogen and oxygen atoms in total. The highest BCUT2D eigenvalue weighted by Gasteiger charge is 1.88. The van der Waals surface area contributed by atoms with Crippen LogP contribution in [0.1, 0.15) is 8.22 Å². The number of benzene rings is 2. The molecule has 0 unspecified atom stereocenters. The summed E-state index contributed by atoms with van der Waals surface area (Å²) < 4.78 is 45.6. The van der Waals surface area contributed by atoms with Crippen LogP contribution in [0.3, 0.4) is 0 Å². The molecule has 0 atom stereocenters. The first-order valence-electron chi connectivity index (χ1n) is 7.84. The standard InChI is InChI=1S/C7H7BrO.C6H5BrO.CH3I/c1-9-7-4-2-3-6(8)5-7;7-5-2-1-3-6(8)4-5;1-2/h2-5H,1H3;1-4,8H;1H3/i1D3;;1D3. The van der Waals surface area contributed by atoms with Gasteiger partial charge in [-0.05, 0) is 41.3 Å². The summed E-state index contributed by atoms with van der Waals surface area (Å²) >= 11 is 7.79. The second-order valence-corrected chi connectivity index (χ2v) is 4.87. The molecule has 2 rings (SSSR count). The maximum Gasteiger partial charge on any atom is 0.119 e. The fraction of sp³-hybridized carbons (Fsp3) is 0.143. The summed E-state index contributed by atoms with van der Waals surface area (Å²) in [5, 5.41) is 8.78. The Morgan fingerprint density at radius 3 is 2.11 bits per heavy atom. The van der Waals surface area contributed by atoms with Gasteiger partial charge >= 0.3 is 0 Å². The number of hydrogen-bond acceptors (Lipinski definition) is 2. The van der Waals surface area contributed by atoms with E-state index in [1.54, 1.807) is 42.5 Å². The zero-order valence-corrected chi connectivity index (χ0v) is 14.9. The molecule has 104 valence electrons. The van der Waals surface area contributed by atoms with Gasteiger partial charge in [-0.3, -0.25) is 0 Å². The Hall–Kier alpha value is -0.270. The van der Waals surface area contributed by atoms with Crippen LogP contribution in [0.5, 0.6) is 11.5 Å². The van der Waals surface area contributed by atoms with Crippen molar-refractivity contribution >= 4 is 54.5 Å².